The maximum absolute atomic E-state index is 10.6. The summed E-state index contributed by atoms with van der Waals surface area (Å²) in [5.74, 6) is -0.930. The highest BCUT2D eigenvalue weighted by Gasteiger charge is 2.05. The molecule has 0 spiro atoms. The molecule has 2 rings (SSSR count). The molecule has 1 heterocycles. The summed E-state index contributed by atoms with van der Waals surface area (Å²) in [4.78, 5) is 14.1. The third-order valence-corrected chi connectivity index (χ3v) is 3.96. The van der Waals surface area contributed by atoms with Crippen LogP contribution in [0.2, 0.25) is 0 Å². The Kier molecular flexibility index (Phi) is 4.96. The first-order chi connectivity index (χ1) is 9.66. The van der Waals surface area contributed by atoms with Crippen molar-refractivity contribution in [3.8, 4) is 0 Å². The first kappa shape index (κ1) is 14.3. The van der Waals surface area contributed by atoms with Crippen LogP contribution in [-0.4, -0.2) is 24.7 Å². The molecule has 1 aromatic heterocycles. The van der Waals surface area contributed by atoms with Crippen molar-refractivity contribution in [3.05, 3.63) is 58.3 Å². The summed E-state index contributed by atoms with van der Waals surface area (Å²) in [6, 6.07) is 12.0. The van der Waals surface area contributed by atoms with Crippen molar-refractivity contribution in [3.63, 3.8) is 0 Å². The molecule has 3 nitrogen and oxygen atoms in total. The normalized spacial score (nSPS) is 10.8. The second-order valence-electron chi connectivity index (χ2n) is 4.48. The van der Waals surface area contributed by atoms with Crippen LogP contribution < -0.4 is 4.90 Å². The Morgan fingerprint density at radius 3 is 2.80 bits per heavy atom. The van der Waals surface area contributed by atoms with Crippen molar-refractivity contribution < 1.29 is 9.90 Å². The number of thiophene rings is 1. The lowest BCUT2D eigenvalue weighted by Crippen LogP contribution is -2.20. The van der Waals surface area contributed by atoms with Crippen LogP contribution in [-0.2, 0) is 11.2 Å². The first-order valence-corrected chi connectivity index (χ1v) is 7.28. The lowest BCUT2D eigenvalue weighted by molar-refractivity contribution is -0.131. The minimum Gasteiger partial charge on any atom is -0.478 e. The molecular weight excluding hydrogens is 270 g/mol. The van der Waals surface area contributed by atoms with E-state index < -0.39 is 5.97 Å². The molecular formula is C16H17NO2S. The lowest BCUT2D eigenvalue weighted by atomic mass is 10.1. The molecule has 104 valence electrons. The van der Waals surface area contributed by atoms with Crippen molar-refractivity contribution in [1.29, 1.82) is 0 Å². The van der Waals surface area contributed by atoms with Crippen LogP contribution in [0.1, 0.15) is 10.4 Å². The van der Waals surface area contributed by atoms with Gasteiger partial charge in [-0.25, -0.2) is 4.79 Å². The highest BCUT2D eigenvalue weighted by molar-refractivity contribution is 7.09. The molecule has 20 heavy (non-hydrogen) atoms. The van der Waals surface area contributed by atoms with Gasteiger partial charge in [-0.3, -0.25) is 0 Å². The molecule has 0 aliphatic rings. The summed E-state index contributed by atoms with van der Waals surface area (Å²) in [6.07, 6.45) is 3.80. The van der Waals surface area contributed by atoms with E-state index in [4.69, 9.17) is 5.11 Å². The number of para-hydroxylation sites is 1. The Labute approximate surface area is 122 Å². The zero-order chi connectivity index (χ0) is 14.4. The quantitative estimate of drug-likeness (QED) is 0.826. The molecule has 0 saturated heterocycles. The van der Waals surface area contributed by atoms with Gasteiger partial charge in [-0.1, -0.05) is 24.3 Å². The lowest BCUT2D eigenvalue weighted by Gasteiger charge is -2.21. The Morgan fingerprint density at radius 2 is 2.10 bits per heavy atom. The van der Waals surface area contributed by atoms with Crippen LogP contribution in [0.15, 0.2) is 47.9 Å². The monoisotopic (exact) mass is 287 g/mol. The highest BCUT2D eigenvalue weighted by atomic mass is 32.1. The molecule has 0 saturated carbocycles. The van der Waals surface area contributed by atoms with Gasteiger partial charge >= 0.3 is 5.97 Å². The van der Waals surface area contributed by atoms with Gasteiger partial charge in [0.25, 0.3) is 0 Å². The molecule has 0 bridgehead atoms. The van der Waals surface area contributed by atoms with Crippen molar-refractivity contribution in [2.45, 2.75) is 6.42 Å². The Balaban J connectivity index is 2.08. The van der Waals surface area contributed by atoms with Crippen molar-refractivity contribution >= 4 is 29.1 Å². The fourth-order valence-electron chi connectivity index (χ4n) is 1.99. The summed E-state index contributed by atoms with van der Waals surface area (Å²) < 4.78 is 0. The van der Waals surface area contributed by atoms with E-state index in [-0.39, 0.29) is 0 Å². The van der Waals surface area contributed by atoms with Crippen LogP contribution in [0.25, 0.3) is 6.08 Å². The Bertz CT molecular complexity index is 590. The van der Waals surface area contributed by atoms with Gasteiger partial charge in [0.1, 0.15) is 0 Å². The molecule has 0 amide bonds. The standard InChI is InChI=1S/C16H17NO2S/c1-17(11-10-14-6-4-12-20-14)15-7-3-2-5-13(15)8-9-16(18)19/h2-9,12H,10-11H2,1H3,(H,18,19). The number of likely N-dealkylation sites (N-methyl/N-ethyl adjacent to an activating group) is 1. The fourth-order valence-corrected chi connectivity index (χ4v) is 2.69. The van der Waals surface area contributed by atoms with Gasteiger partial charge in [-0.05, 0) is 35.6 Å². The molecule has 2 aromatic rings. The van der Waals surface area contributed by atoms with Gasteiger partial charge in [0.05, 0.1) is 0 Å². The summed E-state index contributed by atoms with van der Waals surface area (Å²) in [5.41, 5.74) is 1.96. The average molecular weight is 287 g/mol. The predicted octanol–water partition coefficient (Wildman–Crippen LogP) is 3.52. The molecule has 4 heteroatoms. The Hall–Kier alpha value is -2.07. The van der Waals surface area contributed by atoms with E-state index in [2.05, 4.69) is 22.4 Å². The zero-order valence-corrected chi connectivity index (χ0v) is 12.1. The number of anilines is 1. The van der Waals surface area contributed by atoms with E-state index in [1.54, 1.807) is 17.4 Å². The van der Waals surface area contributed by atoms with E-state index >= 15 is 0 Å². The predicted molar refractivity (Wildman–Crippen MR) is 84.4 cm³/mol. The molecule has 0 aliphatic carbocycles. The minimum atomic E-state index is -0.930. The van der Waals surface area contributed by atoms with Crippen LogP contribution in [0.3, 0.4) is 0 Å². The maximum atomic E-state index is 10.6. The molecule has 1 N–H and O–H groups in total. The van der Waals surface area contributed by atoms with Crippen LogP contribution in [0, 0.1) is 0 Å². The molecule has 0 unspecified atom stereocenters. The molecule has 1 aromatic carbocycles. The number of nitrogens with zero attached hydrogens (tertiary/aromatic N) is 1. The average Bonchev–Trinajstić information content (AvgIpc) is 2.96. The SMILES string of the molecule is CN(CCc1cccs1)c1ccccc1C=CC(=O)O. The van der Waals surface area contributed by atoms with Gasteiger partial charge < -0.3 is 10.0 Å². The number of rotatable bonds is 6. The number of carbonyl (C=O) groups is 1. The number of benzene rings is 1. The molecule has 0 aliphatic heterocycles. The summed E-state index contributed by atoms with van der Waals surface area (Å²) in [7, 11) is 2.03. The summed E-state index contributed by atoms with van der Waals surface area (Å²) in [6.45, 7) is 0.901. The number of carboxylic acid groups (broad SMARTS) is 1. The number of hydrogen-bond acceptors (Lipinski definition) is 3. The van der Waals surface area contributed by atoms with Crippen molar-refractivity contribution in [2.24, 2.45) is 0 Å². The van der Waals surface area contributed by atoms with E-state index in [9.17, 15) is 4.79 Å². The van der Waals surface area contributed by atoms with Gasteiger partial charge in [0, 0.05) is 30.2 Å². The van der Waals surface area contributed by atoms with Crippen LogP contribution in [0.4, 0.5) is 5.69 Å². The fraction of sp³-hybridized carbons (Fsp3) is 0.188. The van der Waals surface area contributed by atoms with E-state index in [0.29, 0.717) is 0 Å². The maximum Gasteiger partial charge on any atom is 0.328 e. The van der Waals surface area contributed by atoms with E-state index in [1.165, 1.54) is 11.0 Å². The van der Waals surface area contributed by atoms with E-state index in [1.807, 2.05) is 31.3 Å². The molecule has 0 atom stereocenters. The Morgan fingerprint density at radius 1 is 1.30 bits per heavy atom. The van der Waals surface area contributed by atoms with Crippen molar-refractivity contribution in [2.75, 3.05) is 18.5 Å². The third kappa shape index (κ3) is 3.96. The van der Waals surface area contributed by atoms with Crippen LogP contribution in [0.5, 0.6) is 0 Å². The van der Waals surface area contributed by atoms with Crippen molar-refractivity contribution in [1.82, 2.24) is 0 Å². The van der Waals surface area contributed by atoms with Gasteiger partial charge in [-0.15, -0.1) is 11.3 Å². The first-order valence-electron chi connectivity index (χ1n) is 6.40. The zero-order valence-electron chi connectivity index (χ0n) is 11.3. The second-order valence-corrected chi connectivity index (χ2v) is 5.51. The number of hydrogen-bond donors (Lipinski definition) is 1. The highest BCUT2D eigenvalue weighted by Crippen LogP contribution is 2.21. The second kappa shape index (κ2) is 6.91. The van der Waals surface area contributed by atoms with Gasteiger partial charge in [0.15, 0.2) is 0 Å². The van der Waals surface area contributed by atoms with Crippen LogP contribution >= 0.6 is 11.3 Å². The third-order valence-electron chi connectivity index (χ3n) is 3.03. The smallest absolute Gasteiger partial charge is 0.328 e. The summed E-state index contributed by atoms with van der Waals surface area (Å²) in [5, 5.41) is 10.8. The number of carboxylic acids is 1. The van der Waals surface area contributed by atoms with Gasteiger partial charge in [0.2, 0.25) is 0 Å². The molecule has 0 fully saturated rings. The van der Waals surface area contributed by atoms with E-state index in [0.717, 1.165) is 24.2 Å². The van der Waals surface area contributed by atoms with Gasteiger partial charge in [-0.2, -0.15) is 0 Å². The topological polar surface area (TPSA) is 40.5 Å². The number of aliphatic carboxylic acids is 1. The summed E-state index contributed by atoms with van der Waals surface area (Å²) >= 11 is 1.76. The largest absolute Gasteiger partial charge is 0.478 e. The minimum absolute atomic E-state index is 0.901. The molecule has 0 radical (unpaired) electrons.